The van der Waals surface area contributed by atoms with Crippen molar-refractivity contribution in [2.45, 2.75) is 0 Å². The van der Waals surface area contributed by atoms with E-state index in [4.69, 9.17) is 9.47 Å². The zero-order chi connectivity index (χ0) is 16.9. The van der Waals surface area contributed by atoms with E-state index in [1.54, 1.807) is 19.1 Å². The maximum Gasteiger partial charge on any atom is 0.234 e. The number of methoxy groups -OCH3 is 2. The number of ether oxygens (including phenoxy) is 2. The minimum atomic E-state index is -0.116. The van der Waals surface area contributed by atoms with Gasteiger partial charge in [0, 0.05) is 33.0 Å². The summed E-state index contributed by atoms with van der Waals surface area (Å²) in [5.74, 6) is 0.365. The van der Waals surface area contributed by atoms with Gasteiger partial charge in [-0.1, -0.05) is 18.2 Å². The Hall–Kier alpha value is -1.57. The van der Waals surface area contributed by atoms with Crippen LogP contribution in [0, 0.1) is 0 Å². The Morgan fingerprint density at radius 2 is 1.65 bits per heavy atom. The van der Waals surface area contributed by atoms with Gasteiger partial charge in [-0.2, -0.15) is 0 Å². The lowest BCUT2D eigenvalue weighted by molar-refractivity contribution is -0.129. The predicted molar refractivity (Wildman–Crippen MR) is 92.7 cm³/mol. The number of carbonyl (C=O) groups is 2. The second-order valence-electron chi connectivity index (χ2n) is 4.77. The Labute approximate surface area is 141 Å². The Kier molecular flexibility index (Phi) is 10.1. The number of anilines is 1. The normalized spacial score (nSPS) is 10.3. The van der Waals surface area contributed by atoms with Crippen molar-refractivity contribution in [3.63, 3.8) is 0 Å². The molecule has 0 aromatic heterocycles. The summed E-state index contributed by atoms with van der Waals surface area (Å²) in [6.45, 7) is 2.01. The molecule has 0 atom stereocenters. The summed E-state index contributed by atoms with van der Waals surface area (Å²) in [6.07, 6.45) is 0. The fourth-order valence-electron chi connectivity index (χ4n) is 1.81. The Morgan fingerprint density at radius 1 is 1.04 bits per heavy atom. The van der Waals surface area contributed by atoms with Crippen LogP contribution in [0.4, 0.5) is 5.69 Å². The van der Waals surface area contributed by atoms with Crippen molar-refractivity contribution >= 4 is 29.3 Å². The molecule has 7 heteroatoms. The summed E-state index contributed by atoms with van der Waals surface area (Å²) >= 11 is 1.30. The molecule has 1 N–H and O–H groups in total. The number of hydrogen-bond acceptors (Lipinski definition) is 5. The van der Waals surface area contributed by atoms with Gasteiger partial charge in [0.25, 0.3) is 0 Å². The molecule has 128 valence electrons. The van der Waals surface area contributed by atoms with Crippen LogP contribution in [-0.2, 0) is 19.1 Å². The van der Waals surface area contributed by atoms with E-state index >= 15 is 0 Å². The van der Waals surface area contributed by atoms with Crippen molar-refractivity contribution in [2.24, 2.45) is 0 Å². The van der Waals surface area contributed by atoms with Gasteiger partial charge in [0.2, 0.25) is 11.8 Å². The van der Waals surface area contributed by atoms with Crippen LogP contribution in [0.25, 0.3) is 0 Å². The van der Waals surface area contributed by atoms with Gasteiger partial charge in [-0.05, 0) is 12.1 Å². The maximum atomic E-state index is 12.2. The average Bonchev–Trinajstić information content (AvgIpc) is 2.55. The third-order valence-electron chi connectivity index (χ3n) is 3.00. The van der Waals surface area contributed by atoms with Crippen LogP contribution in [0.5, 0.6) is 0 Å². The van der Waals surface area contributed by atoms with Crippen molar-refractivity contribution in [1.29, 1.82) is 0 Å². The van der Waals surface area contributed by atoms with E-state index in [0.717, 1.165) is 5.69 Å². The zero-order valence-electron chi connectivity index (χ0n) is 13.6. The molecule has 2 amide bonds. The van der Waals surface area contributed by atoms with Gasteiger partial charge in [-0.25, -0.2) is 0 Å². The molecule has 1 aromatic carbocycles. The third-order valence-corrected chi connectivity index (χ3v) is 3.92. The van der Waals surface area contributed by atoms with Gasteiger partial charge >= 0.3 is 0 Å². The lowest BCUT2D eigenvalue weighted by Gasteiger charge is -2.21. The van der Waals surface area contributed by atoms with Crippen LogP contribution in [-0.4, -0.2) is 68.7 Å². The fourth-order valence-corrected chi connectivity index (χ4v) is 2.52. The zero-order valence-corrected chi connectivity index (χ0v) is 14.4. The first-order valence-electron chi connectivity index (χ1n) is 7.35. The van der Waals surface area contributed by atoms with Crippen molar-refractivity contribution in [3.05, 3.63) is 30.3 Å². The molecule has 0 bridgehead atoms. The molecule has 0 radical (unpaired) electrons. The van der Waals surface area contributed by atoms with Crippen molar-refractivity contribution in [3.8, 4) is 0 Å². The summed E-state index contributed by atoms with van der Waals surface area (Å²) in [6, 6.07) is 9.25. The SMILES string of the molecule is COCCN(CCOC)C(=O)CSCC(=O)Nc1ccccc1. The molecular weight excluding hydrogens is 316 g/mol. The first kappa shape index (κ1) is 19.5. The molecule has 1 rings (SSSR count). The molecule has 6 nitrogen and oxygen atoms in total. The predicted octanol–water partition coefficient (Wildman–Crippen LogP) is 1.48. The van der Waals surface area contributed by atoms with Gasteiger partial charge in [0.05, 0.1) is 24.7 Å². The van der Waals surface area contributed by atoms with E-state index in [9.17, 15) is 9.59 Å². The lowest BCUT2D eigenvalue weighted by Crippen LogP contribution is -2.37. The second kappa shape index (κ2) is 11.9. The van der Waals surface area contributed by atoms with Gasteiger partial charge in [0.1, 0.15) is 0 Å². The van der Waals surface area contributed by atoms with E-state index in [0.29, 0.717) is 26.3 Å². The minimum absolute atomic E-state index is 0.0170. The van der Waals surface area contributed by atoms with Gasteiger partial charge in [-0.3, -0.25) is 9.59 Å². The number of hydrogen-bond donors (Lipinski definition) is 1. The van der Waals surface area contributed by atoms with Crippen LogP contribution in [0.3, 0.4) is 0 Å². The molecule has 0 saturated heterocycles. The Balaban J connectivity index is 2.30. The topological polar surface area (TPSA) is 67.9 Å². The van der Waals surface area contributed by atoms with E-state index < -0.39 is 0 Å². The minimum Gasteiger partial charge on any atom is -0.383 e. The van der Waals surface area contributed by atoms with Crippen molar-refractivity contribution < 1.29 is 19.1 Å². The van der Waals surface area contributed by atoms with Crippen LogP contribution in [0.2, 0.25) is 0 Å². The molecule has 0 spiro atoms. The Bertz CT molecular complexity index is 462. The molecular formula is C16H24N2O4S. The quantitative estimate of drug-likeness (QED) is 0.661. The van der Waals surface area contributed by atoms with Crippen molar-refractivity contribution in [1.82, 2.24) is 4.90 Å². The molecule has 0 aliphatic heterocycles. The van der Waals surface area contributed by atoms with Gasteiger partial charge in [-0.15, -0.1) is 11.8 Å². The smallest absolute Gasteiger partial charge is 0.234 e. The molecule has 1 aromatic rings. The maximum absolute atomic E-state index is 12.2. The number of amides is 2. The van der Waals surface area contributed by atoms with Crippen LogP contribution < -0.4 is 5.32 Å². The summed E-state index contributed by atoms with van der Waals surface area (Å²) in [4.78, 5) is 25.7. The first-order valence-corrected chi connectivity index (χ1v) is 8.51. The Morgan fingerprint density at radius 3 is 2.22 bits per heavy atom. The number of rotatable bonds is 11. The van der Waals surface area contributed by atoms with Crippen LogP contribution in [0.1, 0.15) is 0 Å². The van der Waals surface area contributed by atoms with E-state index in [2.05, 4.69) is 5.32 Å². The summed E-state index contributed by atoms with van der Waals surface area (Å²) in [5.41, 5.74) is 0.756. The molecule has 0 fully saturated rings. The number of thioether (sulfide) groups is 1. The van der Waals surface area contributed by atoms with E-state index in [1.807, 2.05) is 30.3 Å². The highest BCUT2D eigenvalue weighted by atomic mass is 32.2. The first-order chi connectivity index (χ1) is 11.2. The summed E-state index contributed by atoms with van der Waals surface area (Å²) < 4.78 is 10.0. The second-order valence-corrected chi connectivity index (χ2v) is 5.76. The highest BCUT2D eigenvalue weighted by Crippen LogP contribution is 2.08. The molecule has 0 aliphatic rings. The average molecular weight is 340 g/mol. The third kappa shape index (κ3) is 8.59. The molecule has 0 aliphatic carbocycles. The number of nitrogens with one attached hydrogen (secondary N) is 1. The van der Waals surface area contributed by atoms with E-state index in [-0.39, 0.29) is 23.3 Å². The number of carbonyl (C=O) groups excluding carboxylic acids is 2. The highest BCUT2D eigenvalue weighted by Gasteiger charge is 2.14. The fraction of sp³-hybridized carbons (Fsp3) is 0.500. The number of nitrogens with zero attached hydrogens (tertiary/aromatic N) is 1. The van der Waals surface area contributed by atoms with E-state index in [1.165, 1.54) is 11.8 Å². The number of para-hydroxylation sites is 1. The lowest BCUT2D eigenvalue weighted by atomic mass is 10.3. The monoisotopic (exact) mass is 340 g/mol. The number of benzene rings is 1. The molecule has 0 heterocycles. The summed E-state index contributed by atoms with van der Waals surface area (Å²) in [5, 5.41) is 2.79. The molecule has 0 saturated carbocycles. The largest absolute Gasteiger partial charge is 0.383 e. The van der Waals surface area contributed by atoms with Gasteiger partial charge in [0.15, 0.2) is 0 Å². The van der Waals surface area contributed by atoms with Crippen LogP contribution in [0.15, 0.2) is 30.3 Å². The van der Waals surface area contributed by atoms with Gasteiger partial charge < -0.3 is 19.7 Å². The highest BCUT2D eigenvalue weighted by molar-refractivity contribution is 8.00. The standard InChI is InChI=1S/C16H24N2O4S/c1-21-10-8-18(9-11-22-2)16(20)13-23-12-15(19)17-14-6-4-3-5-7-14/h3-7H,8-13H2,1-2H3,(H,17,19). The van der Waals surface area contributed by atoms with Crippen molar-refractivity contribution in [2.75, 3.05) is 57.3 Å². The summed E-state index contributed by atoms with van der Waals surface area (Å²) in [7, 11) is 3.20. The van der Waals surface area contributed by atoms with Crippen LogP contribution >= 0.6 is 11.8 Å². The molecule has 0 unspecified atom stereocenters. The molecule has 23 heavy (non-hydrogen) atoms.